The summed E-state index contributed by atoms with van der Waals surface area (Å²) >= 11 is 3.35. The van der Waals surface area contributed by atoms with E-state index in [1.807, 2.05) is 24.3 Å². The fourth-order valence-electron chi connectivity index (χ4n) is 2.85. The Morgan fingerprint density at radius 3 is 2.57 bits per heavy atom. The third-order valence-electron chi connectivity index (χ3n) is 4.31. The average Bonchev–Trinajstić information content (AvgIpc) is 3.04. The minimum Gasteiger partial charge on any atom is -0.452 e. The number of ether oxygens (including phenoxy) is 2. The van der Waals surface area contributed by atoms with Crippen molar-refractivity contribution in [3.8, 4) is 11.5 Å². The molecule has 0 saturated carbocycles. The molecule has 0 N–H and O–H groups in total. The van der Waals surface area contributed by atoms with Gasteiger partial charge in [-0.15, -0.1) is 0 Å². The van der Waals surface area contributed by atoms with Crippen LogP contribution in [0.1, 0.15) is 26.3 Å². The highest BCUT2D eigenvalue weighted by atomic mass is 79.9. The number of rotatable bonds is 4. The van der Waals surface area contributed by atoms with Crippen molar-refractivity contribution in [2.45, 2.75) is 0 Å². The Kier molecular flexibility index (Phi) is 5.16. The lowest BCUT2D eigenvalue weighted by Gasteiger charge is -2.05. The van der Waals surface area contributed by atoms with Crippen LogP contribution in [0.5, 0.6) is 11.5 Å². The second-order valence-corrected chi connectivity index (χ2v) is 7.26. The zero-order chi connectivity index (χ0) is 21.3. The summed E-state index contributed by atoms with van der Waals surface area (Å²) in [5.41, 5.74) is 0.979. The number of allylic oxidation sites excluding steroid dienone is 1. The van der Waals surface area contributed by atoms with E-state index in [4.69, 9.17) is 9.47 Å². The number of nitrogens with zero attached hydrogens (tertiary/aromatic N) is 1. The Morgan fingerprint density at radius 1 is 1.07 bits per heavy atom. The molecule has 7 nitrogen and oxygen atoms in total. The maximum absolute atomic E-state index is 12.6. The molecule has 0 fully saturated rings. The molecule has 1 heterocycles. The molecule has 0 radical (unpaired) electrons. The Morgan fingerprint density at radius 2 is 1.83 bits per heavy atom. The summed E-state index contributed by atoms with van der Waals surface area (Å²) in [4.78, 5) is 35.1. The van der Waals surface area contributed by atoms with Crippen LogP contribution >= 0.6 is 15.9 Å². The van der Waals surface area contributed by atoms with E-state index in [0.717, 1.165) is 16.1 Å². The smallest absolute Gasteiger partial charge is 0.343 e. The lowest BCUT2D eigenvalue weighted by molar-refractivity contribution is -0.384. The van der Waals surface area contributed by atoms with Crippen molar-refractivity contribution in [2.24, 2.45) is 0 Å². The molecule has 30 heavy (non-hydrogen) atoms. The van der Waals surface area contributed by atoms with Crippen LogP contribution in [0.2, 0.25) is 0 Å². The van der Waals surface area contributed by atoms with Crippen molar-refractivity contribution in [3.63, 3.8) is 0 Å². The van der Waals surface area contributed by atoms with Crippen molar-refractivity contribution >= 4 is 39.4 Å². The van der Waals surface area contributed by atoms with Gasteiger partial charge in [0.05, 0.1) is 16.1 Å². The Hall–Kier alpha value is -3.78. The van der Waals surface area contributed by atoms with Gasteiger partial charge in [-0.2, -0.15) is 0 Å². The van der Waals surface area contributed by atoms with Gasteiger partial charge in [-0.05, 0) is 42.0 Å². The van der Waals surface area contributed by atoms with Gasteiger partial charge in [-0.25, -0.2) is 4.79 Å². The summed E-state index contributed by atoms with van der Waals surface area (Å²) < 4.78 is 11.9. The number of fused-ring (bicyclic) bond motifs is 1. The molecule has 0 spiro atoms. The molecule has 3 aromatic rings. The summed E-state index contributed by atoms with van der Waals surface area (Å²) in [6, 6.07) is 17.0. The van der Waals surface area contributed by atoms with Crippen LogP contribution in [0.3, 0.4) is 0 Å². The topological polar surface area (TPSA) is 95.7 Å². The van der Waals surface area contributed by atoms with E-state index >= 15 is 0 Å². The maximum atomic E-state index is 12.6. The van der Waals surface area contributed by atoms with Gasteiger partial charge in [0.25, 0.3) is 5.69 Å². The van der Waals surface area contributed by atoms with Gasteiger partial charge in [0, 0.05) is 22.7 Å². The third-order valence-corrected chi connectivity index (χ3v) is 4.84. The molecule has 4 rings (SSSR count). The van der Waals surface area contributed by atoms with Crippen LogP contribution in [0.4, 0.5) is 5.69 Å². The number of hydrogen-bond donors (Lipinski definition) is 0. The molecular weight excluding hydrogens is 454 g/mol. The van der Waals surface area contributed by atoms with Crippen LogP contribution in [0, 0.1) is 10.1 Å². The minimum absolute atomic E-state index is 0.0394. The summed E-state index contributed by atoms with van der Waals surface area (Å²) in [5, 5.41) is 10.9. The molecular formula is C22H12BrNO6. The number of carbonyl (C=O) groups excluding carboxylic acids is 2. The number of ketones is 1. The van der Waals surface area contributed by atoms with E-state index in [0.29, 0.717) is 5.56 Å². The summed E-state index contributed by atoms with van der Waals surface area (Å²) in [6.45, 7) is 0. The van der Waals surface area contributed by atoms with E-state index in [9.17, 15) is 19.7 Å². The van der Waals surface area contributed by atoms with Gasteiger partial charge in [0.1, 0.15) is 11.5 Å². The molecule has 0 amide bonds. The number of esters is 1. The minimum atomic E-state index is -0.756. The second kappa shape index (κ2) is 7.92. The number of hydrogen-bond acceptors (Lipinski definition) is 6. The highest BCUT2D eigenvalue weighted by Crippen LogP contribution is 2.35. The molecule has 3 aromatic carbocycles. The number of Topliss-reactive ketones (excluding diaryl/α,β-unsaturated/α-hetero) is 1. The van der Waals surface area contributed by atoms with E-state index in [1.54, 1.807) is 6.08 Å². The number of halogens is 1. The lowest BCUT2D eigenvalue weighted by Crippen LogP contribution is -2.08. The first-order valence-electron chi connectivity index (χ1n) is 8.71. The van der Waals surface area contributed by atoms with Crippen molar-refractivity contribution in [1.29, 1.82) is 0 Å². The Balaban J connectivity index is 1.54. The monoisotopic (exact) mass is 465 g/mol. The van der Waals surface area contributed by atoms with Gasteiger partial charge in [0.2, 0.25) is 5.78 Å². The van der Waals surface area contributed by atoms with Crippen molar-refractivity contribution in [2.75, 3.05) is 0 Å². The number of carbonyl (C=O) groups is 2. The number of nitro benzene ring substituents is 1. The first kappa shape index (κ1) is 19.5. The molecule has 0 aliphatic carbocycles. The molecule has 0 unspecified atom stereocenters. The fourth-order valence-corrected chi connectivity index (χ4v) is 3.12. The van der Waals surface area contributed by atoms with Gasteiger partial charge in [-0.3, -0.25) is 14.9 Å². The number of nitro groups is 1. The lowest BCUT2D eigenvalue weighted by atomic mass is 10.1. The Labute approximate surface area is 178 Å². The van der Waals surface area contributed by atoms with Gasteiger partial charge in [-0.1, -0.05) is 34.1 Å². The average molecular weight is 466 g/mol. The number of non-ortho nitro benzene ring substituents is 1. The van der Waals surface area contributed by atoms with Gasteiger partial charge >= 0.3 is 5.97 Å². The summed E-state index contributed by atoms with van der Waals surface area (Å²) in [5.74, 6) is -0.441. The first-order valence-corrected chi connectivity index (χ1v) is 9.50. The first-order chi connectivity index (χ1) is 14.4. The maximum Gasteiger partial charge on any atom is 0.343 e. The number of benzene rings is 3. The van der Waals surface area contributed by atoms with Crippen LogP contribution < -0.4 is 9.47 Å². The predicted molar refractivity (Wildman–Crippen MR) is 112 cm³/mol. The molecule has 1 aliphatic rings. The van der Waals surface area contributed by atoms with E-state index < -0.39 is 10.9 Å². The molecule has 8 heteroatoms. The second-order valence-electron chi connectivity index (χ2n) is 6.35. The quantitative estimate of drug-likeness (QED) is 0.173. The highest BCUT2D eigenvalue weighted by molar-refractivity contribution is 9.10. The highest BCUT2D eigenvalue weighted by Gasteiger charge is 2.28. The van der Waals surface area contributed by atoms with Crippen molar-refractivity contribution < 1.29 is 24.0 Å². The Bertz CT molecular complexity index is 1220. The summed E-state index contributed by atoms with van der Waals surface area (Å²) in [7, 11) is 0. The largest absolute Gasteiger partial charge is 0.452 e. The van der Waals surface area contributed by atoms with Crippen molar-refractivity contribution in [3.05, 3.63) is 104 Å². The van der Waals surface area contributed by atoms with Crippen molar-refractivity contribution in [1.82, 2.24) is 0 Å². The zero-order valence-corrected chi connectivity index (χ0v) is 16.8. The SMILES string of the molecule is O=C(Oc1ccc2c(c1)O/C(=C\c1ccc(Br)cc1)C2=O)c1cccc([N+](=O)[O-])c1. The van der Waals surface area contributed by atoms with Crippen LogP contribution in [0.15, 0.2) is 77.0 Å². The van der Waals surface area contributed by atoms with E-state index in [2.05, 4.69) is 15.9 Å². The summed E-state index contributed by atoms with van der Waals surface area (Å²) in [6.07, 6.45) is 1.63. The van der Waals surface area contributed by atoms with Crippen LogP contribution in [-0.2, 0) is 0 Å². The molecule has 1 aliphatic heterocycles. The van der Waals surface area contributed by atoms with E-state index in [1.165, 1.54) is 36.4 Å². The third kappa shape index (κ3) is 3.99. The molecule has 0 aromatic heterocycles. The van der Waals surface area contributed by atoms with Crippen LogP contribution in [-0.4, -0.2) is 16.7 Å². The predicted octanol–water partition coefficient (Wildman–Crippen LogP) is 5.19. The van der Waals surface area contributed by atoms with Gasteiger partial charge < -0.3 is 9.47 Å². The fraction of sp³-hybridized carbons (Fsp3) is 0. The standard InChI is InChI=1S/C22H12BrNO6/c23-15-6-4-13(5-7-15)10-20-21(25)18-9-8-17(12-19(18)30-20)29-22(26)14-2-1-3-16(11-14)24(27)28/h1-12H/b20-10-. The zero-order valence-electron chi connectivity index (χ0n) is 15.2. The molecule has 0 atom stereocenters. The van der Waals surface area contributed by atoms with Crippen LogP contribution in [0.25, 0.3) is 6.08 Å². The molecule has 0 bridgehead atoms. The molecule has 0 saturated heterocycles. The normalized spacial score (nSPS) is 13.6. The molecule has 148 valence electrons. The van der Waals surface area contributed by atoms with E-state index in [-0.39, 0.29) is 34.3 Å². The van der Waals surface area contributed by atoms with Gasteiger partial charge in [0.15, 0.2) is 5.76 Å².